The quantitative estimate of drug-likeness (QED) is 0.785. The fourth-order valence-electron chi connectivity index (χ4n) is 1.60. The molecule has 0 unspecified atom stereocenters. The summed E-state index contributed by atoms with van der Waals surface area (Å²) in [7, 11) is 1.58. The Balaban J connectivity index is 2.44. The molecule has 92 valence electrons. The lowest BCUT2D eigenvalue weighted by Gasteiger charge is -2.07. The molecule has 2 aromatic carbocycles. The monoisotopic (exact) mass is 324 g/mol. The van der Waals surface area contributed by atoms with E-state index in [0.717, 1.165) is 0 Å². The van der Waals surface area contributed by atoms with Gasteiger partial charge < -0.3 is 4.74 Å². The van der Waals surface area contributed by atoms with Gasteiger partial charge in [-0.05, 0) is 46.3 Å². The van der Waals surface area contributed by atoms with Crippen molar-refractivity contribution in [2.75, 3.05) is 7.11 Å². The summed E-state index contributed by atoms with van der Waals surface area (Å²) in [5.41, 5.74) is 1.05. The van der Waals surface area contributed by atoms with Crippen LogP contribution in [0.4, 0.5) is 0 Å². The Kier molecular flexibility index (Phi) is 4.04. The molecule has 0 fully saturated rings. The molecule has 2 aromatic rings. The zero-order valence-corrected chi connectivity index (χ0v) is 12.0. The molecule has 0 bridgehead atoms. The third-order valence-corrected chi connectivity index (χ3v) is 3.53. The number of rotatable bonds is 3. The van der Waals surface area contributed by atoms with Gasteiger partial charge in [-0.15, -0.1) is 0 Å². The molecular formula is C14H10BrClO2. The maximum Gasteiger partial charge on any atom is 0.195 e. The smallest absolute Gasteiger partial charge is 0.195 e. The number of methoxy groups -OCH3 is 1. The normalized spacial score (nSPS) is 10.2. The van der Waals surface area contributed by atoms with Crippen LogP contribution in [-0.2, 0) is 0 Å². The summed E-state index contributed by atoms with van der Waals surface area (Å²) >= 11 is 9.39. The zero-order chi connectivity index (χ0) is 13.1. The van der Waals surface area contributed by atoms with Crippen LogP contribution in [0.5, 0.6) is 5.75 Å². The largest absolute Gasteiger partial charge is 0.497 e. The zero-order valence-electron chi connectivity index (χ0n) is 9.61. The standard InChI is InChI=1S/C14H10BrClO2/c1-18-9-6-7-10(12(15)8-9)14(17)11-4-2-3-5-13(11)16/h2-8H,1H3. The first-order valence-electron chi connectivity index (χ1n) is 5.26. The second-order valence-corrected chi connectivity index (χ2v) is 4.92. The predicted molar refractivity (Wildman–Crippen MR) is 75.6 cm³/mol. The van der Waals surface area contributed by atoms with Crippen molar-refractivity contribution in [1.82, 2.24) is 0 Å². The van der Waals surface area contributed by atoms with Crippen molar-refractivity contribution in [2.24, 2.45) is 0 Å². The maximum atomic E-state index is 12.3. The number of carbonyl (C=O) groups excluding carboxylic acids is 1. The molecule has 18 heavy (non-hydrogen) atoms. The van der Waals surface area contributed by atoms with Gasteiger partial charge in [-0.3, -0.25) is 4.79 Å². The highest BCUT2D eigenvalue weighted by Gasteiger charge is 2.15. The molecule has 0 amide bonds. The highest BCUT2D eigenvalue weighted by Crippen LogP contribution is 2.27. The number of hydrogen-bond donors (Lipinski definition) is 0. The fourth-order valence-corrected chi connectivity index (χ4v) is 2.36. The SMILES string of the molecule is COc1ccc(C(=O)c2ccccc2Cl)c(Br)c1. The van der Waals surface area contributed by atoms with E-state index >= 15 is 0 Å². The second-order valence-electron chi connectivity index (χ2n) is 3.65. The average Bonchev–Trinajstić information content (AvgIpc) is 2.38. The van der Waals surface area contributed by atoms with E-state index in [2.05, 4.69) is 15.9 Å². The van der Waals surface area contributed by atoms with Crippen LogP contribution in [-0.4, -0.2) is 12.9 Å². The molecule has 2 nitrogen and oxygen atoms in total. The summed E-state index contributed by atoms with van der Waals surface area (Å²) in [5.74, 6) is 0.577. The van der Waals surface area contributed by atoms with Gasteiger partial charge in [-0.2, -0.15) is 0 Å². The summed E-state index contributed by atoms with van der Waals surface area (Å²) in [4.78, 5) is 12.3. The molecule has 0 spiro atoms. The third kappa shape index (κ3) is 2.57. The fraction of sp³-hybridized carbons (Fsp3) is 0.0714. The number of ether oxygens (including phenoxy) is 1. The van der Waals surface area contributed by atoms with Crippen LogP contribution < -0.4 is 4.74 Å². The van der Waals surface area contributed by atoms with Crippen molar-refractivity contribution >= 4 is 33.3 Å². The summed E-state index contributed by atoms with van der Waals surface area (Å²) in [6.07, 6.45) is 0. The van der Waals surface area contributed by atoms with Crippen LogP contribution in [0, 0.1) is 0 Å². The van der Waals surface area contributed by atoms with Crippen LogP contribution in [0.25, 0.3) is 0 Å². The van der Waals surface area contributed by atoms with Gasteiger partial charge in [-0.1, -0.05) is 23.7 Å². The van der Waals surface area contributed by atoms with E-state index in [4.69, 9.17) is 16.3 Å². The van der Waals surface area contributed by atoms with Crippen molar-refractivity contribution in [3.05, 3.63) is 63.1 Å². The number of carbonyl (C=O) groups is 1. The van der Waals surface area contributed by atoms with Gasteiger partial charge >= 0.3 is 0 Å². The van der Waals surface area contributed by atoms with Gasteiger partial charge in [-0.25, -0.2) is 0 Å². The van der Waals surface area contributed by atoms with Gasteiger partial charge in [0.05, 0.1) is 12.1 Å². The molecule has 0 saturated heterocycles. The second kappa shape index (κ2) is 5.55. The summed E-state index contributed by atoms with van der Waals surface area (Å²) in [6.45, 7) is 0. The topological polar surface area (TPSA) is 26.3 Å². The molecule has 4 heteroatoms. The van der Waals surface area contributed by atoms with Crippen LogP contribution in [0.3, 0.4) is 0 Å². The first-order chi connectivity index (χ1) is 8.63. The third-order valence-electron chi connectivity index (χ3n) is 2.54. The molecule has 2 rings (SSSR count). The van der Waals surface area contributed by atoms with E-state index in [9.17, 15) is 4.79 Å². The van der Waals surface area contributed by atoms with Crippen molar-refractivity contribution < 1.29 is 9.53 Å². The molecule has 0 aliphatic carbocycles. The van der Waals surface area contributed by atoms with E-state index < -0.39 is 0 Å². The molecule has 0 aromatic heterocycles. The minimum Gasteiger partial charge on any atom is -0.497 e. The number of ketones is 1. The summed E-state index contributed by atoms with van der Waals surface area (Å²) in [6, 6.07) is 12.2. The van der Waals surface area contributed by atoms with Crippen molar-refractivity contribution in [3.63, 3.8) is 0 Å². The minimum absolute atomic E-state index is 0.116. The molecular weight excluding hydrogens is 316 g/mol. The van der Waals surface area contributed by atoms with E-state index in [0.29, 0.717) is 26.4 Å². The average molecular weight is 326 g/mol. The Morgan fingerprint density at radius 1 is 1.17 bits per heavy atom. The van der Waals surface area contributed by atoms with Gasteiger partial charge in [0.25, 0.3) is 0 Å². The Morgan fingerprint density at radius 2 is 1.89 bits per heavy atom. The predicted octanol–water partition coefficient (Wildman–Crippen LogP) is 4.34. The number of benzene rings is 2. The lowest BCUT2D eigenvalue weighted by atomic mass is 10.0. The highest BCUT2D eigenvalue weighted by atomic mass is 79.9. The Bertz CT molecular complexity index is 596. The first-order valence-corrected chi connectivity index (χ1v) is 6.43. The van der Waals surface area contributed by atoms with E-state index in [1.807, 2.05) is 0 Å². The van der Waals surface area contributed by atoms with Crippen LogP contribution in [0.2, 0.25) is 5.02 Å². The lowest BCUT2D eigenvalue weighted by Crippen LogP contribution is -2.03. The maximum absolute atomic E-state index is 12.3. The summed E-state index contributed by atoms with van der Waals surface area (Å²) in [5, 5.41) is 0.449. The molecule has 0 aliphatic heterocycles. The Morgan fingerprint density at radius 3 is 2.50 bits per heavy atom. The van der Waals surface area contributed by atoms with Gasteiger partial charge in [0, 0.05) is 15.6 Å². The Hall–Kier alpha value is -1.32. The number of hydrogen-bond acceptors (Lipinski definition) is 2. The van der Waals surface area contributed by atoms with Gasteiger partial charge in [0.15, 0.2) is 5.78 Å². The molecule has 0 heterocycles. The molecule has 0 N–H and O–H groups in total. The van der Waals surface area contributed by atoms with Crippen LogP contribution in [0.1, 0.15) is 15.9 Å². The van der Waals surface area contributed by atoms with Gasteiger partial charge in [0.1, 0.15) is 5.75 Å². The van der Waals surface area contributed by atoms with E-state index in [-0.39, 0.29) is 5.78 Å². The highest BCUT2D eigenvalue weighted by molar-refractivity contribution is 9.10. The molecule has 0 radical (unpaired) electrons. The van der Waals surface area contributed by atoms with Crippen molar-refractivity contribution in [3.8, 4) is 5.75 Å². The Labute approximate surface area is 119 Å². The van der Waals surface area contributed by atoms with Gasteiger partial charge in [0.2, 0.25) is 0 Å². The van der Waals surface area contributed by atoms with Crippen LogP contribution in [0.15, 0.2) is 46.9 Å². The van der Waals surface area contributed by atoms with Crippen molar-refractivity contribution in [2.45, 2.75) is 0 Å². The molecule has 0 saturated carbocycles. The van der Waals surface area contributed by atoms with Crippen molar-refractivity contribution in [1.29, 1.82) is 0 Å². The molecule has 0 aliphatic rings. The molecule has 0 atom stereocenters. The minimum atomic E-state index is -0.116. The first kappa shape index (κ1) is 13.1. The van der Waals surface area contributed by atoms with E-state index in [1.54, 1.807) is 49.6 Å². The van der Waals surface area contributed by atoms with E-state index in [1.165, 1.54) is 0 Å². The number of halogens is 2. The lowest BCUT2D eigenvalue weighted by molar-refractivity contribution is 0.103. The van der Waals surface area contributed by atoms with Crippen LogP contribution >= 0.6 is 27.5 Å². The summed E-state index contributed by atoms with van der Waals surface area (Å²) < 4.78 is 5.78.